The van der Waals surface area contributed by atoms with Gasteiger partial charge in [-0.15, -0.1) is 0 Å². The standard InChI is InChI=1S/C30H46N2O4S2/c1-31(23-27-7-11-29(12-8-27)37(3,33)34)19-15-25(16-20-31)5-6-26-17-21-32(2,22-18-26)24-28-9-13-30(14-10-28)38(4,35)36/h7-14,25-26H,5-6,15-24H2,1-4H3/q+2. The maximum atomic E-state index is 11.7. The lowest BCUT2D eigenvalue weighted by Gasteiger charge is -2.42. The van der Waals surface area contributed by atoms with Crippen molar-refractivity contribution in [2.24, 2.45) is 11.8 Å². The molecule has 2 fully saturated rings. The molecule has 2 saturated heterocycles. The molecule has 0 atom stereocenters. The highest BCUT2D eigenvalue weighted by molar-refractivity contribution is 7.91. The summed E-state index contributed by atoms with van der Waals surface area (Å²) in [6.07, 6.45) is 10.3. The summed E-state index contributed by atoms with van der Waals surface area (Å²) >= 11 is 0. The van der Waals surface area contributed by atoms with E-state index in [0.29, 0.717) is 9.79 Å². The molecule has 0 unspecified atom stereocenters. The molecule has 210 valence electrons. The summed E-state index contributed by atoms with van der Waals surface area (Å²) in [6, 6.07) is 14.9. The third-order valence-electron chi connectivity index (χ3n) is 9.12. The second kappa shape index (κ2) is 11.4. The molecule has 0 bridgehead atoms. The highest BCUT2D eigenvalue weighted by Crippen LogP contribution is 2.33. The maximum Gasteiger partial charge on any atom is 0.175 e. The highest BCUT2D eigenvalue weighted by Gasteiger charge is 2.33. The summed E-state index contributed by atoms with van der Waals surface area (Å²) in [5.74, 6) is 1.65. The molecular weight excluding hydrogens is 516 g/mol. The van der Waals surface area contributed by atoms with Crippen LogP contribution in [0.5, 0.6) is 0 Å². The average Bonchev–Trinajstić information content (AvgIpc) is 2.84. The molecule has 2 aliphatic heterocycles. The zero-order valence-corrected chi connectivity index (χ0v) is 25.2. The number of likely N-dealkylation sites (tertiary alicyclic amines) is 2. The Labute approximate surface area is 230 Å². The second-order valence-corrected chi connectivity index (χ2v) is 16.8. The largest absolute Gasteiger partial charge is 0.322 e. The molecule has 0 aliphatic carbocycles. The van der Waals surface area contributed by atoms with E-state index in [1.165, 1.54) is 88.3 Å². The quantitative estimate of drug-likeness (QED) is 0.416. The van der Waals surface area contributed by atoms with Crippen molar-refractivity contribution >= 4 is 19.7 Å². The van der Waals surface area contributed by atoms with Crippen LogP contribution >= 0.6 is 0 Å². The zero-order chi connectivity index (χ0) is 27.6. The van der Waals surface area contributed by atoms with E-state index < -0.39 is 19.7 Å². The van der Waals surface area contributed by atoms with Crippen molar-refractivity contribution in [3.63, 3.8) is 0 Å². The summed E-state index contributed by atoms with van der Waals surface area (Å²) < 4.78 is 49.0. The number of sulfone groups is 2. The fourth-order valence-electron chi connectivity index (χ4n) is 6.42. The van der Waals surface area contributed by atoms with Crippen molar-refractivity contribution in [2.75, 3.05) is 52.8 Å². The smallest absolute Gasteiger partial charge is 0.175 e. The molecule has 4 rings (SSSR count). The Balaban J connectivity index is 1.19. The van der Waals surface area contributed by atoms with E-state index in [4.69, 9.17) is 0 Å². The van der Waals surface area contributed by atoms with Crippen LogP contribution in [-0.4, -0.2) is 78.6 Å². The lowest BCUT2D eigenvalue weighted by Crippen LogP contribution is -2.49. The van der Waals surface area contributed by atoms with Crippen LogP contribution in [0, 0.1) is 11.8 Å². The normalized spacial score (nSPS) is 28.7. The van der Waals surface area contributed by atoms with E-state index >= 15 is 0 Å². The topological polar surface area (TPSA) is 68.3 Å². The van der Waals surface area contributed by atoms with Gasteiger partial charge in [-0.25, -0.2) is 16.8 Å². The van der Waals surface area contributed by atoms with Gasteiger partial charge in [-0.1, -0.05) is 24.3 Å². The number of rotatable bonds is 9. The minimum Gasteiger partial charge on any atom is -0.322 e. The minimum atomic E-state index is -3.14. The lowest BCUT2D eigenvalue weighted by atomic mass is 9.84. The van der Waals surface area contributed by atoms with E-state index in [1.54, 1.807) is 24.3 Å². The van der Waals surface area contributed by atoms with Gasteiger partial charge < -0.3 is 8.97 Å². The first-order valence-electron chi connectivity index (χ1n) is 14.0. The van der Waals surface area contributed by atoms with Gasteiger partial charge in [-0.05, 0) is 74.6 Å². The SMILES string of the molecule is C[N+]1(Cc2ccc(S(C)(=O)=O)cc2)CCC(CCC2CC[N+](C)(Cc3ccc(S(C)(=O)=O)cc3)CC2)CC1. The number of hydrogen-bond acceptors (Lipinski definition) is 4. The lowest BCUT2D eigenvalue weighted by molar-refractivity contribution is -0.928. The first-order valence-corrected chi connectivity index (χ1v) is 17.8. The van der Waals surface area contributed by atoms with Crippen LogP contribution in [0.2, 0.25) is 0 Å². The fourth-order valence-corrected chi connectivity index (χ4v) is 7.68. The van der Waals surface area contributed by atoms with Gasteiger partial charge in [0.2, 0.25) is 0 Å². The van der Waals surface area contributed by atoms with Gasteiger partial charge in [-0.3, -0.25) is 0 Å². The predicted molar refractivity (Wildman–Crippen MR) is 153 cm³/mol. The summed E-state index contributed by atoms with van der Waals surface area (Å²) in [7, 11) is -1.60. The molecule has 38 heavy (non-hydrogen) atoms. The molecule has 2 heterocycles. The molecule has 0 amide bonds. The molecule has 2 aromatic rings. The molecule has 0 spiro atoms. The summed E-state index contributed by atoms with van der Waals surface area (Å²) in [4.78, 5) is 0.792. The summed E-state index contributed by atoms with van der Waals surface area (Å²) in [5, 5.41) is 0. The van der Waals surface area contributed by atoms with Crippen molar-refractivity contribution in [3.8, 4) is 0 Å². The van der Waals surface area contributed by atoms with E-state index in [0.717, 1.165) is 33.9 Å². The second-order valence-electron chi connectivity index (χ2n) is 12.7. The van der Waals surface area contributed by atoms with Crippen molar-refractivity contribution in [3.05, 3.63) is 59.7 Å². The Hall–Kier alpha value is -1.74. The van der Waals surface area contributed by atoms with Crippen LogP contribution in [-0.2, 0) is 32.8 Å². The third kappa shape index (κ3) is 7.90. The van der Waals surface area contributed by atoms with E-state index in [9.17, 15) is 16.8 Å². The number of hydrogen-bond donors (Lipinski definition) is 0. The van der Waals surface area contributed by atoms with Crippen molar-refractivity contribution < 1.29 is 25.8 Å². The first-order chi connectivity index (χ1) is 17.7. The Morgan fingerprint density at radius 2 is 0.868 bits per heavy atom. The zero-order valence-electron chi connectivity index (χ0n) is 23.6. The van der Waals surface area contributed by atoms with Gasteiger partial charge in [0.25, 0.3) is 0 Å². The molecule has 2 aromatic carbocycles. The molecule has 0 N–H and O–H groups in total. The monoisotopic (exact) mass is 562 g/mol. The first kappa shape index (κ1) is 29.2. The summed E-state index contributed by atoms with van der Waals surface area (Å²) in [5.41, 5.74) is 2.43. The van der Waals surface area contributed by atoms with E-state index in [2.05, 4.69) is 14.1 Å². The van der Waals surface area contributed by atoms with Gasteiger partial charge in [0.15, 0.2) is 19.7 Å². The van der Waals surface area contributed by atoms with Crippen molar-refractivity contribution in [1.82, 2.24) is 0 Å². The van der Waals surface area contributed by atoms with Crippen LogP contribution in [0.1, 0.15) is 49.7 Å². The number of benzene rings is 2. The van der Waals surface area contributed by atoms with Gasteiger partial charge in [-0.2, -0.15) is 0 Å². The van der Waals surface area contributed by atoms with Crippen molar-refractivity contribution in [1.29, 1.82) is 0 Å². The number of piperidine rings is 2. The van der Waals surface area contributed by atoms with Crippen molar-refractivity contribution in [2.45, 2.75) is 61.4 Å². The van der Waals surface area contributed by atoms with Gasteiger partial charge >= 0.3 is 0 Å². The number of nitrogens with zero attached hydrogens (tertiary/aromatic N) is 2. The van der Waals surface area contributed by atoms with Crippen LogP contribution in [0.25, 0.3) is 0 Å². The predicted octanol–water partition coefficient (Wildman–Crippen LogP) is 4.69. The Kier molecular flexibility index (Phi) is 8.77. The Morgan fingerprint density at radius 1 is 0.579 bits per heavy atom. The van der Waals surface area contributed by atoms with Crippen LogP contribution in [0.3, 0.4) is 0 Å². The van der Waals surface area contributed by atoms with Crippen LogP contribution < -0.4 is 0 Å². The molecule has 8 heteroatoms. The van der Waals surface area contributed by atoms with Gasteiger partial charge in [0.1, 0.15) is 13.1 Å². The molecule has 2 aliphatic rings. The highest BCUT2D eigenvalue weighted by atomic mass is 32.2. The average molecular weight is 563 g/mol. The molecule has 0 aromatic heterocycles. The van der Waals surface area contributed by atoms with E-state index in [1.807, 2.05) is 24.3 Å². The minimum absolute atomic E-state index is 0.396. The molecule has 0 radical (unpaired) electrons. The maximum absolute atomic E-state index is 11.7. The Bertz CT molecular complexity index is 1180. The third-order valence-corrected chi connectivity index (χ3v) is 11.4. The van der Waals surface area contributed by atoms with E-state index in [-0.39, 0.29) is 0 Å². The molecule has 0 saturated carbocycles. The number of quaternary nitrogens is 2. The summed E-state index contributed by atoms with van der Waals surface area (Å²) in [6.45, 7) is 6.69. The van der Waals surface area contributed by atoms with Gasteiger partial charge in [0.05, 0.1) is 50.1 Å². The fraction of sp³-hybridized carbons (Fsp3) is 0.600. The Morgan fingerprint density at radius 3 is 1.13 bits per heavy atom. The van der Waals surface area contributed by atoms with Gasteiger partial charge in [0, 0.05) is 23.6 Å². The van der Waals surface area contributed by atoms with Crippen LogP contribution in [0.4, 0.5) is 0 Å². The molecular formula is C30H46N2O4S2+2. The van der Waals surface area contributed by atoms with Crippen LogP contribution in [0.15, 0.2) is 58.3 Å². The molecule has 6 nitrogen and oxygen atoms in total.